The Labute approximate surface area is 121 Å². The van der Waals surface area contributed by atoms with Gasteiger partial charge in [-0.25, -0.2) is 0 Å². The molecule has 1 saturated heterocycles. The van der Waals surface area contributed by atoms with Crippen LogP contribution in [0, 0.1) is 5.41 Å². The Bertz CT molecular complexity index is 372. The number of aliphatic hydroxyl groups excluding tert-OH is 4. The summed E-state index contributed by atoms with van der Waals surface area (Å²) in [7, 11) is 0. The number of carboxylic acids is 1. The normalized spacial score (nSPS) is 35.2. The van der Waals surface area contributed by atoms with Crippen LogP contribution in [-0.2, 0) is 9.53 Å². The number of aliphatic carboxylic acids is 1. The standard InChI is InChI=1S/C12H22O9/c1-11(10(17)18,3-2-4-13)9-12(19,20)8(16)7(15)6(5-14)21-9/h6-9,13-16,19-20H,2-5H2,1H3,(H,17,18)/t6-,7-,8+,9?,11?/m1/s1. The lowest BCUT2D eigenvalue weighted by Crippen LogP contribution is -2.71. The lowest BCUT2D eigenvalue weighted by atomic mass is 9.72. The van der Waals surface area contributed by atoms with E-state index in [4.69, 9.17) is 14.9 Å². The Balaban J connectivity index is 3.18. The van der Waals surface area contributed by atoms with Crippen LogP contribution in [0.3, 0.4) is 0 Å². The van der Waals surface area contributed by atoms with E-state index in [1.165, 1.54) is 6.92 Å². The molecule has 0 amide bonds. The summed E-state index contributed by atoms with van der Waals surface area (Å²) in [5.74, 6) is -4.44. The van der Waals surface area contributed by atoms with Crippen molar-refractivity contribution in [2.75, 3.05) is 13.2 Å². The van der Waals surface area contributed by atoms with Gasteiger partial charge in [-0.05, 0) is 19.8 Å². The third-order valence-electron chi connectivity index (χ3n) is 3.94. The third kappa shape index (κ3) is 3.19. The van der Waals surface area contributed by atoms with Crippen LogP contribution in [0.4, 0.5) is 0 Å². The quantitative estimate of drug-likeness (QED) is 0.253. The van der Waals surface area contributed by atoms with Gasteiger partial charge in [0.2, 0.25) is 5.79 Å². The molecule has 0 spiro atoms. The van der Waals surface area contributed by atoms with E-state index in [1.54, 1.807) is 0 Å². The lowest BCUT2D eigenvalue weighted by molar-refractivity contribution is -0.367. The first-order chi connectivity index (χ1) is 9.62. The second-order valence-corrected chi connectivity index (χ2v) is 5.51. The third-order valence-corrected chi connectivity index (χ3v) is 3.94. The van der Waals surface area contributed by atoms with Crippen LogP contribution in [0.5, 0.6) is 0 Å². The van der Waals surface area contributed by atoms with E-state index in [0.717, 1.165) is 0 Å². The fourth-order valence-corrected chi connectivity index (χ4v) is 2.53. The maximum Gasteiger partial charge on any atom is 0.312 e. The van der Waals surface area contributed by atoms with E-state index < -0.39 is 48.2 Å². The predicted molar refractivity (Wildman–Crippen MR) is 67.0 cm³/mol. The van der Waals surface area contributed by atoms with Crippen LogP contribution >= 0.6 is 0 Å². The van der Waals surface area contributed by atoms with Crippen molar-refractivity contribution in [3.8, 4) is 0 Å². The summed E-state index contributed by atoms with van der Waals surface area (Å²) in [5, 5.41) is 66.7. The monoisotopic (exact) mass is 310 g/mol. The maximum absolute atomic E-state index is 11.5. The van der Waals surface area contributed by atoms with Gasteiger partial charge in [0.25, 0.3) is 0 Å². The molecule has 124 valence electrons. The molecule has 21 heavy (non-hydrogen) atoms. The minimum Gasteiger partial charge on any atom is -0.481 e. The number of carboxylic acid groups (broad SMARTS) is 1. The van der Waals surface area contributed by atoms with Crippen molar-refractivity contribution in [1.82, 2.24) is 0 Å². The number of carbonyl (C=O) groups is 1. The van der Waals surface area contributed by atoms with Crippen molar-refractivity contribution in [2.45, 2.75) is 50.0 Å². The number of rotatable bonds is 6. The molecular weight excluding hydrogens is 288 g/mol. The van der Waals surface area contributed by atoms with Gasteiger partial charge in [-0.3, -0.25) is 4.79 Å². The molecule has 1 fully saturated rings. The molecule has 0 aliphatic carbocycles. The summed E-state index contributed by atoms with van der Waals surface area (Å²) >= 11 is 0. The van der Waals surface area contributed by atoms with Gasteiger partial charge in [0.15, 0.2) is 0 Å². The molecule has 1 aliphatic heterocycles. The molecule has 5 atom stereocenters. The molecule has 0 aromatic rings. The number of hydrogen-bond acceptors (Lipinski definition) is 8. The first-order valence-electron chi connectivity index (χ1n) is 6.54. The number of aliphatic hydroxyl groups is 6. The summed E-state index contributed by atoms with van der Waals surface area (Å²) in [6.07, 6.45) is -7.15. The molecule has 0 saturated carbocycles. The van der Waals surface area contributed by atoms with Crippen molar-refractivity contribution in [3.05, 3.63) is 0 Å². The van der Waals surface area contributed by atoms with Crippen molar-refractivity contribution >= 4 is 5.97 Å². The second kappa shape index (κ2) is 6.53. The smallest absolute Gasteiger partial charge is 0.312 e. The van der Waals surface area contributed by atoms with Gasteiger partial charge in [0, 0.05) is 6.61 Å². The molecule has 0 aromatic carbocycles. The van der Waals surface area contributed by atoms with E-state index in [2.05, 4.69) is 0 Å². The highest BCUT2D eigenvalue weighted by Crippen LogP contribution is 2.41. The van der Waals surface area contributed by atoms with Gasteiger partial charge < -0.3 is 40.5 Å². The predicted octanol–water partition coefficient (Wildman–Crippen LogP) is -2.99. The number of ether oxygens (including phenoxy) is 1. The summed E-state index contributed by atoms with van der Waals surface area (Å²) in [5.41, 5.74) is -1.85. The van der Waals surface area contributed by atoms with Crippen molar-refractivity contribution in [3.63, 3.8) is 0 Å². The highest BCUT2D eigenvalue weighted by Gasteiger charge is 2.61. The molecule has 0 aromatic heterocycles. The Kier molecular flexibility index (Phi) is 5.67. The van der Waals surface area contributed by atoms with E-state index in [9.17, 15) is 30.3 Å². The van der Waals surface area contributed by atoms with Gasteiger partial charge in [-0.15, -0.1) is 0 Å². The minimum absolute atomic E-state index is 0.0567. The Morgan fingerprint density at radius 3 is 2.29 bits per heavy atom. The fraction of sp³-hybridized carbons (Fsp3) is 0.917. The van der Waals surface area contributed by atoms with Crippen LogP contribution in [0.1, 0.15) is 19.8 Å². The Hall–Kier alpha value is -0.810. The SMILES string of the molecule is CC(CCCO)(C(=O)O)C1O[C@H](CO)[C@@H](O)[C@H](O)C1(O)O. The van der Waals surface area contributed by atoms with Crippen LogP contribution in [0.15, 0.2) is 0 Å². The van der Waals surface area contributed by atoms with Gasteiger partial charge in [0.05, 0.1) is 12.0 Å². The summed E-state index contributed by atoms with van der Waals surface area (Å²) in [6.45, 7) is 0.129. The number of hydrogen-bond donors (Lipinski definition) is 7. The molecule has 1 heterocycles. The Morgan fingerprint density at radius 2 is 1.86 bits per heavy atom. The zero-order valence-corrected chi connectivity index (χ0v) is 11.6. The highest BCUT2D eigenvalue weighted by atomic mass is 16.6. The average Bonchev–Trinajstić information content (AvgIpc) is 2.42. The molecule has 1 aliphatic rings. The van der Waals surface area contributed by atoms with Crippen LogP contribution in [0.2, 0.25) is 0 Å². The zero-order chi connectivity index (χ0) is 16.4. The van der Waals surface area contributed by atoms with Gasteiger partial charge in [-0.1, -0.05) is 0 Å². The Morgan fingerprint density at radius 1 is 1.29 bits per heavy atom. The van der Waals surface area contributed by atoms with Gasteiger partial charge in [0.1, 0.15) is 24.4 Å². The zero-order valence-electron chi connectivity index (χ0n) is 11.6. The molecule has 0 bridgehead atoms. The summed E-state index contributed by atoms with van der Waals surface area (Å²) < 4.78 is 5.13. The average molecular weight is 310 g/mol. The largest absolute Gasteiger partial charge is 0.481 e. The lowest BCUT2D eigenvalue weighted by Gasteiger charge is -2.50. The molecule has 0 radical (unpaired) electrons. The minimum atomic E-state index is -3.02. The fourth-order valence-electron chi connectivity index (χ4n) is 2.53. The van der Waals surface area contributed by atoms with E-state index in [0.29, 0.717) is 0 Å². The van der Waals surface area contributed by atoms with Gasteiger partial charge >= 0.3 is 5.97 Å². The molecule has 9 heteroatoms. The van der Waals surface area contributed by atoms with Crippen molar-refractivity contribution < 1.29 is 45.3 Å². The highest BCUT2D eigenvalue weighted by molar-refractivity contribution is 5.75. The second-order valence-electron chi connectivity index (χ2n) is 5.51. The molecule has 1 rings (SSSR count). The molecule has 7 N–H and O–H groups in total. The van der Waals surface area contributed by atoms with Crippen LogP contribution < -0.4 is 0 Å². The van der Waals surface area contributed by atoms with E-state index >= 15 is 0 Å². The van der Waals surface area contributed by atoms with Crippen molar-refractivity contribution in [2.24, 2.45) is 5.41 Å². The van der Waals surface area contributed by atoms with E-state index in [-0.39, 0.29) is 19.4 Å². The molecular formula is C12H22O9. The summed E-state index contributed by atoms with van der Waals surface area (Å²) in [6, 6.07) is 0. The molecule has 2 unspecified atom stereocenters. The van der Waals surface area contributed by atoms with E-state index in [1.807, 2.05) is 0 Å². The van der Waals surface area contributed by atoms with Crippen LogP contribution in [-0.4, -0.2) is 85.1 Å². The maximum atomic E-state index is 11.5. The van der Waals surface area contributed by atoms with Crippen LogP contribution in [0.25, 0.3) is 0 Å². The van der Waals surface area contributed by atoms with Crippen molar-refractivity contribution in [1.29, 1.82) is 0 Å². The first kappa shape index (κ1) is 18.2. The topological polar surface area (TPSA) is 168 Å². The molecule has 9 nitrogen and oxygen atoms in total. The summed E-state index contributed by atoms with van der Waals surface area (Å²) in [4.78, 5) is 11.5. The first-order valence-corrected chi connectivity index (χ1v) is 6.54. The van der Waals surface area contributed by atoms with Gasteiger partial charge in [-0.2, -0.15) is 0 Å².